The molecule has 0 aliphatic heterocycles. The zero-order valence-electron chi connectivity index (χ0n) is 9.38. The van der Waals surface area contributed by atoms with E-state index < -0.39 is 6.36 Å². The Kier molecular flexibility index (Phi) is 5.10. The van der Waals surface area contributed by atoms with Crippen LogP contribution in [-0.2, 0) is 4.79 Å². The fraction of sp³-hybridized carbons (Fsp3) is 0.250. The summed E-state index contributed by atoms with van der Waals surface area (Å²) < 4.78 is 39.7. The highest BCUT2D eigenvalue weighted by molar-refractivity contribution is 8.13. The normalized spacial score (nSPS) is 10.4. The van der Waals surface area contributed by atoms with Crippen molar-refractivity contribution >= 4 is 16.9 Å². The van der Waals surface area contributed by atoms with E-state index in [1.165, 1.54) is 25.1 Å². The molecule has 0 amide bonds. The van der Waals surface area contributed by atoms with Crippen LogP contribution in [0.25, 0.3) is 0 Å². The first-order valence-electron chi connectivity index (χ1n) is 4.85. The lowest BCUT2D eigenvalue weighted by molar-refractivity contribution is -0.274. The van der Waals surface area contributed by atoms with Gasteiger partial charge in [0.2, 0.25) is 0 Å². The second-order valence-electron chi connectivity index (χ2n) is 3.16. The number of thioether (sulfide) groups is 1. The van der Waals surface area contributed by atoms with Crippen LogP contribution in [0.3, 0.4) is 0 Å². The summed E-state index contributed by atoms with van der Waals surface area (Å²) in [6, 6.07) is 5.37. The molecule has 18 heavy (non-hydrogen) atoms. The molecule has 0 saturated carbocycles. The van der Waals surface area contributed by atoms with Crippen molar-refractivity contribution in [1.82, 2.24) is 0 Å². The third-order valence-electron chi connectivity index (χ3n) is 1.65. The lowest BCUT2D eigenvalue weighted by atomic mass is 10.2. The Morgan fingerprint density at radius 1 is 1.44 bits per heavy atom. The Hall–Kier alpha value is -1.61. The van der Waals surface area contributed by atoms with Gasteiger partial charge >= 0.3 is 6.36 Å². The van der Waals surface area contributed by atoms with E-state index in [4.69, 9.17) is 0 Å². The van der Waals surface area contributed by atoms with Gasteiger partial charge in [-0.1, -0.05) is 29.7 Å². The molecule has 0 radical (unpaired) electrons. The summed E-state index contributed by atoms with van der Waals surface area (Å²) in [5, 5.41) is -0.0570. The number of rotatable bonds is 2. The SMILES string of the molecule is CC(=O)SCC#Cc1cccc(OC(F)(F)F)c1. The van der Waals surface area contributed by atoms with Crippen LogP contribution in [0.4, 0.5) is 13.2 Å². The molecule has 1 rings (SSSR count). The fourth-order valence-corrected chi connectivity index (χ4v) is 1.39. The van der Waals surface area contributed by atoms with E-state index >= 15 is 0 Å². The topological polar surface area (TPSA) is 26.3 Å². The molecule has 0 saturated heterocycles. The Morgan fingerprint density at radius 3 is 2.78 bits per heavy atom. The van der Waals surface area contributed by atoms with Crippen molar-refractivity contribution in [3.05, 3.63) is 29.8 Å². The molecule has 96 valence electrons. The summed E-state index contributed by atoms with van der Waals surface area (Å²) in [6.07, 6.45) is -4.71. The summed E-state index contributed by atoms with van der Waals surface area (Å²) in [5.41, 5.74) is 0.404. The van der Waals surface area contributed by atoms with E-state index in [1.807, 2.05) is 0 Å². The van der Waals surface area contributed by atoms with Crippen LogP contribution in [0.2, 0.25) is 0 Å². The second-order valence-corrected chi connectivity index (χ2v) is 4.31. The first-order valence-corrected chi connectivity index (χ1v) is 5.83. The summed E-state index contributed by atoms with van der Waals surface area (Å²) in [4.78, 5) is 10.6. The molecular weight excluding hydrogens is 265 g/mol. The zero-order chi connectivity index (χ0) is 13.6. The molecule has 0 aliphatic carbocycles. The standard InChI is InChI=1S/C12H9F3O2S/c1-9(16)18-7-3-5-10-4-2-6-11(8-10)17-12(13,14)15/h2,4,6,8H,7H2,1H3. The number of alkyl halides is 3. The highest BCUT2D eigenvalue weighted by atomic mass is 32.2. The van der Waals surface area contributed by atoms with Crippen molar-refractivity contribution in [3.63, 3.8) is 0 Å². The van der Waals surface area contributed by atoms with E-state index in [0.29, 0.717) is 11.3 Å². The summed E-state index contributed by atoms with van der Waals surface area (Å²) >= 11 is 1.04. The molecule has 0 aliphatic rings. The van der Waals surface area contributed by atoms with Crippen LogP contribution in [0.1, 0.15) is 12.5 Å². The minimum atomic E-state index is -4.71. The molecule has 1 aromatic carbocycles. The van der Waals surface area contributed by atoms with Crippen LogP contribution >= 0.6 is 11.8 Å². The number of halogens is 3. The second kappa shape index (κ2) is 6.36. The van der Waals surface area contributed by atoms with E-state index in [-0.39, 0.29) is 10.9 Å². The number of hydrogen-bond acceptors (Lipinski definition) is 3. The molecule has 0 spiro atoms. The Bertz CT molecular complexity index is 486. The molecule has 0 bridgehead atoms. The van der Waals surface area contributed by atoms with Gasteiger partial charge in [0.1, 0.15) is 5.75 Å². The van der Waals surface area contributed by atoms with Gasteiger partial charge in [0.25, 0.3) is 0 Å². The van der Waals surface area contributed by atoms with E-state index in [2.05, 4.69) is 16.6 Å². The molecule has 0 fully saturated rings. The third kappa shape index (κ3) is 6.21. The molecule has 0 N–H and O–H groups in total. The average molecular weight is 274 g/mol. The van der Waals surface area contributed by atoms with Crippen molar-refractivity contribution in [1.29, 1.82) is 0 Å². The third-order valence-corrected chi connectivity index (χ3v) is 2.34. The maximum Gasteiger partial charge on any atom is 0.573 e. The Balaban J connectivity index is 2.67. The zero-order valence-corrected chi connectivity index (χ0v) is 10.2. The predicted molar refractivity (Wildman–Crippen MR) is 63.1 cm³/mol. The van der Waals surface area contributed by atoms with E-state index in [9.17, 15) is 18.0 Å². The molecule has 0 atom stereocenters. The lowest BCUT2D eigenvalue weighted by Crippen LogP contribution is -2.17. The van der Waals surface area contributed by atoms with Crippen molar-refractivity contribution in [2.75, 3.05) is 5.75 Å². The van der Waals surface area contributed by atoms with Gasteiger partial charge in [-0.2, -0.15) is 0 Å². The Morgan fingerprint density at radius 2 is 2.17 bits per heavy atom. The van der Waals surface area contributed by atoms with Crippen LogP contribution in [0.5, 0.6) is 5.75 Å². The van der Waals surface area contributed by atoms with Crippen molar-refractivity contribution < 1.29 is 22.7 Å². The van der Waals surface area contributed by atoms with Crippen LogP contribution in [0, 0.1) is 11.8 Å². The van der Waals surface area contributed by atoms with Crippen molar-refractivity contribution in [2.45, 2.75) is 13.3 Å². The number of carbonyl (C=O) groups excluding carboxylic acids is 1. The van der Waals surface area contributed by atoms with Crippen LogP contribution < -0.4 is 4.74 Å². The first-order chi connectivity index (χ1) is 8.37. The minimum Gasteiger partial charge on any atom is -0.406 e. The molecule has 2 nitrogen and oxygen atoms in total. The summed E-state index contributed by atoms with van der Waals surface area (Å²) in [7, 11) is 0. The highest BCUT2D eigenvalue weighted by Gasteiger charge is 2.30. The number of carbonyl (C=O) groups is 1. The monoisotopic (exact) mass is 274 g/mol. The Labute approximate surface area is 107 Å². The lowest BCUT2D eigenvalue weighted by Gasteiger charge is -2.08. The number of benzene rings is 1. The molecule has 6 heteroatoms. The van der Waals surface area contributed by atoms with E-state index in [0.717, 1.165) is 11.8 Å². The summed E-state index contributed by atoms with van der Waals surface area (Å²) in [6.45, 7) is 1.42. The average Bonchev–Trinajstić information content (AvgIpc) is 2.22. The van der Waals surface area contributed by atoms with E-state index in [1.54, 1.807) is 6.07 Å². The molecular formula is C12H9F3O2S. The largest absolute Gasteiger partial charge is 0.573 e. The van der Waals surface area contributed by atoms with Crippen molar-refractivity contribution in [2.24, 2.45) is 0 Å². The molecule has 0 heterocycles. The number of ether oxygens (including phenoxy) is 1. The maximum atomic E-state index is 12.0. The fourth-order valence-electron chi connectivity index (χ4n) is 1.05. The van der Waals surface area contributed by atoms with Crippen molar-refractivity contribution in [3.8, 4) is 17.6 Å². The summed E-state index contributed by atoms with van der Waals surface area (Å²) in [5.74, 6) is 5.33. The smallest absolute Gasteiger partial charge is 0.406 e. The molecule has 0 aromatic heterocycles. The van der Waals surface area contributed by atoms with Gasteiger partial charge in [0, 0.05) is 12.5 Å². The van der Waals surface area contributed by atoms with Gasteiger partial charge in [-0.25, -0.2) is 0 Å². The molecule has 1 aromatic rings. The van der Waals surface area contributed by atoms with Gasteiger partial charge in [0.15, 0.2) is 5.12 Å². The van der Waals surface area contributed by atoms with Gasteiger partial charge in [-0.3, -0.25) is 4.79 Å². The number of hydrogen-bond donors (Lipinski definition) is 0. The van der Waals surface area contributed by atoms with Gasteiger partial charge in [0.05, 0.1) is 5.75 Å². The van der Waals surface area contributed by atoms with Crippen LogP contribution in [-0.4, -0.2) is 17.2 Å². The first kappa shape index (κ1) is 14.5. The van der Waals surface area contributed by atoms with Gasteiger partial charge in [-0.15, -0.1) is 13.2 Å². The molecule has 0 unspecified atom stereocenters. The maximum absolute atomic E-state index is 12.0. The quantitative estimate of drug-likeness (QED) is 0.775. The van der Waals surface area contributed by atoms with Crippen LogP contribution in [0.15, 0.2) is 24.3 Å². The highest BCUT2D eigenvalue weighted by Crippen LogP contribution is 2.22. The predicted octanol–water partition coefficient (Wildman–Crippen LogP) is 3.22. The minimum absolute atomic E-state index is 0.0570. The van der Waals surface area contributed by atoms with Gasteiger partial charge < -0.3 is 4.74 Å². The van der Waals surface area contributed by atoms with Gasteiger partial charge in [-0.05, 0) is 18.2 Å².